The van der Waals surface area contributed by atoms with Crippen LogP contribution in [0.5, 0.6) is 0 Å². The first-order valence-corrected chi connectivity index (χ1v) is 14.2. The van der Waals surface area contributed by atoms with Crippen molar-refractivity contribution in [3.05, 3.63) is 95.8 Å². The second kappa shape index (κ2) is 13.4. The van der Waals surface area contributed by atoms with Gasteiger partial charge in [-0.2, -0.15) is 5.10 Å². The number of benzene rings is 2. The number of hydrogen-bond donors (Lipinski definition) is 3. The summed E-state index contributed by atoms with van der Waals surface area (Å²) in [4.78, 5) is 32.6. The first-order chi connectivity index (χ1) is 20.5. The lowest BCUT2D eigenvalue weighted by molar-refractivity contribution is 0.0951. The third-order valence-corrected chi connectivity index (χ3v) is 7.51. The number of ether oxygens (including phenoxy) is 1. The van der Waals surface area contributed by atoms with Crippen LogP contribution in [-0.2, 0) is 4.74 Å². The van der Waals surface area contributed by atoms with E-state index in [1.807, 2.05) is 68.4 Å². The van der Waals surface area contributed by atoms with Crippen molar-refractivity contribution in [3.8, 4) is 16.9 Å². The number of methoxy groups -OCH3 is 1. The number of amides is 3. The Morgan fingerprint density at radius 2 is 1.76 bits per heavy atom. The molecule has 0 bridgehead atoms. The molecule has 3 N–H and O–H groups in total. The van der Waals surface area contributed by atoms with Crippen molar-refractivity contribution >= 4 is 17.8 Å². The van der Waals surface area contributed by atoms with Crippen LogP contribution in [0.25, 0.3) is 16.9 Å². The number of hydrogen-bond acceptors (Lipinski definition) is 6. The van der Waals surface area contributed by atoms with Crippen molar-refractivity contribution in [3.63, 3.8) is 0 Å². The van der Waals surface area contributed by atoms with E-state index in [2.05, 4.69) is 38.0 Å². The molecule has 1 aliphatic heterocycles. The number of para-hydroxylation sites is 1. The van der Waals surface area contributed by atoms with Gasteiger partial charge in [-0.15, -0.1) is 0 Å². The van der Waals surface area contributed by atoms with E-state index in [0.717, 1.165) is 36.4 Å². The van der Waals surface area contributed by atoms with E-state index in [1.165, 1.54) is 5.56 Å². The van der Waals surface area contributed by atoms with Gasteiger partial charge >= 0.3 is 6.03 Å². The Bertz CT molecular complexity index is 1510. The van der Waals surface area contributed by atoms with Gasteiger partial charge < -0.3 is 15.4 Å². The molecule has 10 nitrogen and oxygen atoms in total. The Kier molecular flexibility index (Phi) is 9.25. The van der Waals surface area contributed by atoms with Crippen molar-refractivity contribution in [1.82, 2.24) is 30.3 Å². The van der Waals surface area contributed by atoms with Crippen LogP contribution in [0.3, 0.4) is 0 Å². The summed E-state index contributed by atoms with van der Waals surface area (Å²) in [5, 5.41) is 14.0. The van der Waals surface area contributed by atoms with Gasteiger partial charge in [-0.25, -0.2) is 9.48 Å². The van der Waals surface area contributed by atoms with Crippen LogP contribution < -0.4 is 16.0 Å². The molecule has 0 aliphatic carbocycles. The number of rotatable bonds is 10. The van der Waals surface area contributed by atoms with Gasteiger partial charge in [0.2, 0.25) is 0 Å². The summed E-state index contributed by atoms with van der Waals surface area (Å²) in [7, 11) is 1.70. The number of anilines is 1. The summed E-state index contributed by atoms with van der Waals surface area (Å²) in [6, 6.07) is 23.1. The summed E-state index contributed by atoms with van der Waals surface area (Å²) >= 11 is 0. The number of urea groups is 1. The second-order valence-corrected chi connectivity index (χ2v) is 10.3. The van der Waals surface area contributed by atoms with E-state index in [4.69, 9.17) is 9.84 Å². The Morgan fingerprint density at radius 1 is 1.02 bits per heavy atom. The van der Waals surface area contributed by atoms with E-state index in [0.29, 0.717) is 30.4 Å². The van der Waals surface area contributed by atoms with Gasteiger partial charge in [0.25, 0.3) is 5.91 Å². The zero-order valence-electron chi connectivity index (χ0n) is 24.2. The van der Waals surface area contributed by atoms with Crippen molar-refractivity contribution in [2.24, 2.45) is 0 Å². The normalized spacial score (nSPS) is 16.7. The molecule has 1 saturated heterocycles. The quantitative estimate of drug-likeness (QED) is 0.264. The van der Waals surface area contributed by atoms with Crippen molar-refractivity contribution < 1.29 is 14.3 Å². The number of carbonyl (C=O) groups excluding carboxylic acids is 2. The standard InChI is InChI=1S/C32H37N7O3/c1-4-33-31(40)27-19-24(15-16-34-27)29-22(2)30(39(37-29)25-13-9-6-10-14-25)36-32(41)35-28-21-38(17-18-42-3)20-26(28)23-11-7-5-8-12-23/h5-16,19,26,28H,4,17-18,20-21H2,1-3H3,(H,33,40)(H2,35,36,41)/t26-,28+/m0/s1. The fourth-order valence-corrected chi connectivity index (χ4v) is 5.41. The van der Waals surface area contributed by atoms with Gasteiger partial charge in [0.15, 0.2) is 0 Å². The Labute approximate surface area is 246 Å². The molecule has 0 saturated carbocycles. The van der Waals surface area contributed by atoms with E-state index < -0.39 is 0 Å². The van der Waals surface area contributed by atoms with Crippen LogP contribution in [0, 0.1) is 6.92 Å². The molecular formula is C32H37N7O3. The monoisotopic (exact) mass is 567 g/mol. The maximum atomic E-state index is 13.6. The highest BCUT2D eigenvalue weighted by molar-refractivity contribution is 5.94. The average Bonchev–Trinajstić information content (AvgIpc) is 3.57. The first-order valence-electron chi connectivity index (χ1n) is 14.2. The summed E-state index contributed by atoms with van der Waals surface area (Å²) in [6.07, 6.45) is 1.60. The summed E-state index contributed by atoms with van der Waals surface area (Å²) in [5.41, 5.74) is 4.45. The Hall–Kier alpha value is -4.54. The minimum absolute atomic E-state index is 0.0861. The highest BCUT2D eigenvalue weighted by Gasteiger charge is 2.35. The first kappa shape index (κ1) is 29.0. The maximum Gasteiger partial charge on any atom is 0.320 e. The van der Waals surface area contributed by atoms with Gasteiger partial charge in [0.05, 0.1) is 24.0 Å². The van der Waals surface area contributed by atoms with E-state index >= 15 is 0 Å². The van der Waals surface area contributed by atoms with Crippen LogP contribution in [-0.4, -0.2) is 77.5 Å². The lowest BCUT2D eigenvalue weighted by Crippen LogP contribution is -2.42. The molecule has 218 valence electrons. The molecular weight excluding hydrogens is 530 g/mol. The topological polar surface area (TPSA) is 113 Å². The maximum absolute atomic E-state index is 13.6. The lowest BCUT2D eigenvalue weighted by Gasteiger charge is -2.21. The van der Waals surface area contributed by atoms with E-state index in [1.54, 1.807) is 24.1 Å². The summed E-state index contributed by atoms with van der Waals surface area (Å²) < 4.78 is 7.03. The summed E-state index contributed by atoms with van der Waals surface area (Å²) in [5.74, 6) is 0.450. The minimum Gasteiger partial charge on any atom is -0.383 e. The number of pyridine rings is 1. The molecule has 3 heterocycles. The van der Waals surface area contributed by atoms with Gasteiger partial charge in [0, 0.05) is 56.5 Å². The molecule has 0 radical (unpaired) electrons. The zero-order chi connectivity index (χ0) is 29.5. The molecule has 2 atom stereocenters. The fourth-order valence-electron chi connectivity index (χ4n) is 5.41. The third kappa shape index (κ3) is 6.50. The molecule has 4 aromatic rings. The van der Waals surface area contributed by atoms with Gasteiger partial charge in [-0.3, -0.25) is 20.0 Å². The molecule has 0 spiro atoms. The highest BCUT2D eigenvalue weighted by atomic mass is 16.5. The van der Waals surface area contributed by atoms with E-state index in [9.17, 15) is 9.59 Å². The number of nitrogens with one attached hydrogen (secondary N) is 3. The number of aromatic nitrogens is 3. The zero-order valence-corrected chi connectivity index (χ0v) is 24.2. The SMILES string of the molecule is CCNC(=O)c1cc(-c2nn(-c3ccccc3)c(NC(=O)N[C@@H]3CN(CCOC)C[C@H]3c3ccccc3)c2C)ccn1. The van der Waals surface area contributed by atoms with Crippen LogP contribution in [0.4, 0.5) is 10.6 Å². The third-order valence-electron chi connectivity index (χ3n) is 7.51. The lowest BCUT2D eigenvalue weighted by atomic mass is 9.94. The second-order valence-electron chi connectivity index (χ2n) is 10.3. The molecule has 1 aliphatic rings. The molecule has 3 amide bonds. The summed E-state index contributed by atoms with van der Waals surface area (Å²) in [6.45, 7) is 7.27. The van der Waals surface area contributed by atoms with Gasteiger partial charge in [0.1, 0.15) is 11.5 Å². The molecule has 42 heavy (non-hydrogen) atoms. The Balaban J connectivity index is 1.43. The number of nitrogens with zero attached hydrogens (tertiary/aromatic N) is 4. The average molecular weight is 568 g/mol. The number of carbonyl (C=O) groups is 2. The molecule has 1 fully saturated rings. The fraction of sp³-hybridized carbons (Fsp3) is 0.312. The van der Waals surface area contributed by atoms with E-state index in [-0.39, 0.29) is 23.9 Å². The van der Waals surface area contributed by atoms with Crippen molar-refractivity contribution in [1.29, 1.82) is 0 Å². The molecule has 5 rings (SSSR count). The smallest absolute Gasteiger partial charge is 0.320 e. The van der Waals surface area contributed by atoms with Crippen LogP contribution in [0.2, 0.25) is 0 Å². The van der Waals surface area contributed by atoms with Crippen LogP contribution in [0.15, 0.2) is 79.0 Å². The predicted molar refractivity (Wildman–Crippen MR) is 163 cm³/mol. The minimum atomic E-state index is -0.306. The van der Waals surface area contributed by atoms with Gasteiger partial charge in [-0.1, -0.05) is 48.5 Å². The van der Waals surface area contributed by atoms with Crippen LogP contribution >= 0.6 is 0 Å². The molecule has 2 aromatic heterocycles. The van der Waals surface area contributed by atoms with Crippen molar-refractivity contribution in [2.75, 3.05) is 45.2 Å². The van der Waals surface area contributed by atoms with Crippen LogP contribution in [0.1, 0.15) is 34.5 Å². The van der Waals surface area contributed by atoms with Gasteiger partial charge in [-0.05, 0) is 43.7 Å². The Morgan fingerprint density at radius 3 is 2.48 bits per heavy atom. The number of likely N-dealkylation sites (tertiary alicyclic amines) is 1. The van der Waals surface area contributed by atoms with Crippen molar-refractivity contribution in [2.45, 2.75) is 25.8 Å². The molecule has 2 aromatic carbocycles. The highest BCUT2D eigenvalue weighted by Crippen LogP contribution is 2.31. The molecule has 10 heteroatoms. The molecule has 0 unspecified atom stereocenters. The predicted octanol–water partition coefficient (Wildman–Crippen LogP) is 4.23. The largest absolute Gasteiger partial charge is 0.383 e.